The Labute approximate surface area is 108 Å². The van der Waals surface area contributed by atoms with Crippen molar-refractivity contribution in [1.82, 2.24) is 10.3 Å². The molecule has 0 bridgehead atoms. The average Bonchev–Trinajstić information content (AvgIpc) is 2.35. The molecule has 1 rings (SSSR count). The lowest BCUT2D eigenvalue weighted by Gasteiger charge is -2.23. The normalized spacial score (nSPS) is 11.3. The number of amides is 1. The summed E-state index contributed by atoms with van der Waals surface area (Å²) in [7, 11) is 0. The van der Waals surface area contributed by atoms with Crippen LogP contribution in [0.2, 0.25) is 0 Å². The van der Waals surface area contributed by atoms with Gasteiger partial charge < -0.3 is 10.4 Å². The predicted octanol–water partition coefficient (Wildman–Crippen LogP) is 1.54. The van der Waals surface area contributed by atoms with E-state index in [4.69, 9.17) is 5.11 Å². The number of nitrogens with one attached hydrogen (secondary N) is 1. The topological polar surface area (TPSA) is 62.2 Å². The van der Waals surface area contributed by atoms with Crippen molar-refractivity contribution < 1.29 is 9.90 Å². The zero-order valence-corrected chi connectivity index (χ0v) is 11.1. The number of aryl methyl sites for hydroxylation is 1. The Morgan fingerprint density at radius 1 is 1.44 bits per heavy atom. The van der Waals surface area contributed by atoms with Crippen molar-refractivity contribution in [3.8, 4) is 0 Å². The van der Waals surface area contributed by atoms with Gasteiger partial charge in [-0.1, -0.05) is 19.9 Å². The second-order valence-corrected chi connectivity index (χ2v) is 5.24. The summed E-state index contributed by atoms with van der Waals surface area (Å²) in [4.78, 5) is 15.8. The van der Waals surface area contributed by atoms with Gasteiger partial charge in [-0.15, -0.1) is 0 Å². The van der Waals surface area contributed by atoms with E-state index in [-0.39, 0.29) is 17.9 Å². The van der Waals surface area contributed by atoms with Crippen LogP contribution >= 0.6 is 0 Å². The van der Waals surface area contributed by atoms with Crippen LogP contribution < -0.4 is 5.32 Å². The predicted molar refractivity (Wildman–Crippen MR) is 71.1 cm³/mol. The molecular formula is C14H22N2O2. The van der Waals surface area contributed by atoms with Gasteiger partial charge in [-0.05, 0) is 30.4 Å². The lowest BCUT2D eigenvalue weighted by atomic mass is 9.90. The first kappa shape index (κ1) is 14.6. The van der Waals surface area contributed by atoms with E-state index < -0.39 is 0 Å². The van der Waals surface area contributed by atoms with Crippen LogP contribution in [0, 0.1) is 5.41 Å². The fraction of sp³-hybridized carbons (Fsp3) is 0.571. The molecule has 18 heavy (non-hydrogen) atoms. The number of aliphatic hydroxyl groups excluding tert-OH is 1. The SMILES string of the molecule is CC(C)(CCO)CNC(=O)CCc1ccccn1. The van der Waals surface area contributed by atoms with Crippen LogP contribution in [-0.4, -0.2) is 29.1 Å². The first-order valence-corrected chi connectivity index (χ1v) is 6.31. The van der Waals surface area contributed by atoms with Gasteiger partial charge in [-0.25, -0.2) is 0 Å². The number of carbonyl (C=O) groups is 1. The quantitative estimate of drug-likeness (QED) is 0.771. The van der Waals surface area contributed by atoms with Gasteiger partial charge in [0.05, 0.1) is 0 Å². The van der Waals surface area contributed by atoms with E-state index in [0.717, 1.165) is 5.69 Å². The van der Waals surface area contributed by atoms with E-state index >= 15 is 0 Å². The summed E-state index contributed by atoms with van der Waals surface area (Å²) in [6.07, 6.45) is 3.53. The largest absolute Gasteiger partial charge is 0.396 e. The Bertz CT molecular complexity index is 363. The van der Waals surface area contributed by atoms with Crippen LogP contribution in [0.4, 0.5) is 0 Å². The molecule has 0 aliphatic carbocycles. The minimum Gasteiger partial charge on any atom is -0.396 e. The van der Waals surface area contributed by atoms with Crippen molar-refractivity contribution in [3.05, 3.63) is 30.1 Å². The summed E-state index contributed by atoms with van der Waals surface area (Å²) >= 11 is 0. The fourth-order valence-electron chi connectivity index (χ4n) is 1.60. The van der Waals surface area contributed by atoms with Gasteiger partial charge in [0, 0.05) is 31.5 Å². The van der Waals surface area contributed by atoms with Crippen molar-refractivity contribution in [3.63, 3.8) is 0 Å². The van der Waals surface area contributed by atoms with Crippen molar-refractivity contribution in [1.29, 1.82) is 0 Å². The highest BCUT2D eigenvalue weighted by Gasteiger charge is 2.17. The molecule has 0 aliphatic rings. The minimum atomic E-state index is -0.0601. The van der Waals surface area contributed by atoms with Crippen molar-refractivity contribution >= 4 is 5.91 Å². The van der Waals surface area contributed by atoms with Crippen LogP contribution in [0.3, 0.4) is 0 Å². The number of aliphatic hydroxyl groups is 1. The zero-order chi connectivity index (χ0) is 13.4. The first-order chi connectivity index (χ1) is 8.53. The highest BCUT2D eigenvalue weighted by Crippen LogP contribution is 2.17. The monoisotopic (exact) mass is 250 g/mol. The summed E-state index contributed by atoms with van der Waals surface area (Å²) in [6.45, 7) is 4.80. The number of nitrogens with zero attached hydrogens (tertiary/aromatic N) is 1. The molecule has 1 heterocycles. The fourth-order valence-corrected chi connectivity index (χ4v) is 1.60. The molecule has 0 saturated heterocycles. The van der Waals surface area contributed by atoms with Gasteiger partial charge in [0.25, 0.3) is 0 Å². The Morgan fingerprint density at radius 2 is 2.22 bits per heavy atom. The van der Waals surface area contributed by atoms with E-state index in [1.165, 1.54) is 0 Å². The average molecular weight is 250 g/mol. The Kier molecular flexibility index (Phi) is 5.78. The Morgan fingerprint density at radius 3 is 2.83 bits per heavy atom. The number of aromatic nitrogens is 1. The summed E-state index contributed by atoms with van der Waals surface area (Å²) < 4.78 is 0. The van der Waals surface area contributed by atoms with Crippen LogP contribution in [0.1, 0.15) is 32.4 Å². The maximum absolute atomic E-state index is 11.7. The molecule has 1 aromatic heterocycles. The lowest BCUT2D eigenvalue weighted by Crippen LogP contribution is -2.34. The third kappa shape index (κ3) is 5.77. The molecule has 0 fully saturated rings. The molecule has 0 aromatic carbocycles. The van der Waals surface area contributed by atoms with Gasteiger partial charge in [0.1, 0.15) is 0 Å². The van der Waals surface area contributed by atoms with Crippen molar-refractivity contribution in [2.24, 2.45) is 5.41 Å². The number of pyridine rings is 1. The summed E-state index contributed by atoms with van der Waals surface area (Å²) in [5, 5.41) is 11.8. The minimum absolute atomic E-state index is 0.0340. The number of hydrogen-bond donors (Lipinski definition) is 2. The molecule has 1 aromatic rings. The van der Waals surface area contributed by atoms with Gasteiger partial charge in [-0.2, -0.15) is 0 Å². The molecular weight excluding hydrogens is 228 g/mol. The number of hydrogen-bond acceptors (Lipinski definition) is 3. The molecule has 4 heteroatoms. The van der Waals surface area contributed by atoms with Crippen molar-refractivity contribution in [2.75, 3.05) is 13.2 Å². The van der Waals surface area contributed by atoms with Crippen molar-refractivity contribution in [2.45, 2.75) is 33.1 Å². The summed E-state index contributed by atoms with van der Waals surface area (Å²) in [6, 6.07) is 5.70. The third-order valence-electron chi connectivity index (χ3n) is 2.89. The molecule has 0 saturated carbocycles. The zero-order valence-electron chi connectivity index (χ0n) is 11.1. The van der Waals surface area contributed by atoms with E-state index in [2.05, 4.69) is 10.3 Å². The molecule has 0 aliphatic heterocycles. The van der Waals surface area contributed by atoms with E-state index in [9.17, 15) is 4.79 Å². The molecule has 0 unspecified atom stereocenters. The first-order valence-electron chi connectivity index (χ1n) is 6.31. The van der Waals surface area contributed by atoms with Crippen LogP contribution in [-0.2, 0) is 11.2 Å². The summed E-state index contributed by atoms with van der Waals surface area (Å²) in [5.74, 6) is 0.0340. The summed E-state index contributed by atoms with van der Waals surface area (Å²) in [5.41, 5.74) is 0.873. The number of rotatable bonds is 7. The maximum Gasteiger partial charge on any atom is 0.220 e. The molecule has 0 radical (unpaired) electrons. The second kappa shape index (κ2) is 7.11. The van der Waals surface area contributed by atoms with Crippen LogP contribution in [0.15, 0.2) is 24.4 Å². The molecule has 0 spiro atoms. The van der Waals surface area contributed by atoms with Gasteiger partial charge in [-0.3, -0.25) is 9.78 Å². The third-order valence-corrected chi connectivity index (χ3v) is 2.89. The second-order valence-electron chi connectivity index (χ2n) is 5.24. The highest BCUT2D eigenvalue weighted by molar-refractivity contribution is 5.76. The molecule has 2 N–H and O–H groups in total. The Hall–Kier alpha value is -1.42. The van der Waals surface area contributed by atoms with E-state index in [0.29, 0.717) is 25.8 Å². The molecule has 100 valence electrons. The standard InChI is InChI=1S/C14H22N2O2/c1-14(2,8-10-17)11-16-13(18)7-6-12-5-3-4-9-15-12/h3-5,9,17H,6-8,10-11H2,1-2H3,(H,16,18). The molecule has 0 atom stereocenters. The lowest BCUT2D eigenvalue weighted by molar-refractivity contribution is -0.121. The van der Waals surface area contributed by atoms with E-state index in [1.54, 1.807) is 6.20 Å². The van der Waals surface area contributed by atoms with Gasteiger partial charge in [0.2, 0.25) is 5.91 Å². The molecule has 1 amide bonds. The van der Waals surface area contributed by atoms with Gasteiger partial charge >= 0.3 is 0 Å². The van der Waals surface area contributed by atoms with Crippen LogP contribution in [0.5, 0.6) is 0 Å². The smallest absolute Gasteiger partial charge is 0.220 e. The molecule has 4 nitrogen and oxygen atoms in total. The van der Waals surface area contributed by atoms with E-state index in [1.807, 2.05) is 32.0 Å². The highest BCUT2D eigenvalue weighted by atomic mass is 16.3. The maximum atomic E-state index is 11.7. The van der Waals surface area contributed by atoms with Gasteiger partial charge in [0.15, 0.2) is 0 Å². The Balaban J connectivity index is 2.26. The number of carbonyl (C=O) groups excluding carboxylic acids is 1. The van der Waals surface area contributed by atoms with Crippen LogP contribution in [0.25, 0.3) is 0 Å².